The molecule has 0 aromatic rings. The van der Waals surface area contributed by atoms with Crippen molar-refractivity contribution in [1.29, 1.82) is 0 Å². The minimum atomic E-state index is -0.163. The van der Waals surface area contributed by atoms with Gasteiger partial charge in [-0.25, -0.2) is 4.79 Å². The maximum Gasteiger partial charge on any atom is 0.316 e. The van der Waals surface area contributed by atoms with Gasteiger partial charge < -0.3 is 16.4 Å². The van der Waals surface area contributed by atoms with Crippen LogP contribution in [0.5, 0.6) is 0 Å². The third kappa shape index (κ3) is 2.53. The molecule has 0 saturated carbocycles. The molecule has 0 bridgehead atoms. The fraction of sp³-hybridized carbons (Fsp3) is 0.750. The number of halogens is 1. The van der Waals surface area contributed by atoms with E-state index in [9.17, 15) is 4.79 Å². The van der Waals surface area contributed by atoms with E-state index in [1.165, 1.54) is 0 Å². The second-order valence-corrected chi connectivity index (χ2v) is 1.80. The van der Waals surface area contributed by atoms with Crippen molar-refractivity contribution in [3.8, 4) is 0 Å². The summed E-state index contributed by atoms with van der Waals surface area (Å²) in [7, 11) is 0. The Balaban J connectivity index is 0.000000640. The van der Waals surface area contributed by atoms with E-state index in [2.05, 4.69) is 10.6 Å². The van der Waals surface area contributed by atoms with E-state index in [4.69, 9.17) is 5.73 Å². The molecular weight excluding hydrogens is 142 g/mol. The van der Waals surface area contributed by atoms with Gasteiger partial charge in [0.2, 0.25) is 0 Å². The maximum absolute atomic E-state index is 10.4. The largest absolute Gasteiger partial charge is 0.338 e. The predicted octanol–water partition coefficient (Wildman–Crippen LogP) is -0.604. The smallest absolute Gasteiger partial charge is 0.316 e. The zero-order valence-corrected chi connectivity index (χ0v) is 5.70. The van der Waals surface area contributed by atoms with E-state index in [-0.39, 0.29) is 24.6 Å². The lowest BCUT2D eigenvalue weighted by atomic mass is 10.3. The van der Waals surface area contributed by atoms with Crippen molar-refractivity contribution in [1.82, 2.24) is 10.6 Å². The highest BCUT2D eigenvalue weighted by molar-refractivity contribution is 5.85. The number of nitrogens with two attached hydrogens (primary N) is 1. The Kier molecular flexibility index (Phi) is 3.34. The SMILES string of the molecule is Cl.NC1CCNC(=O)N1. The van der Waals surface area contributed by atoms with Crippen molar-refractivity contribution in [2.75, 3.05) is 6.54 Å². The first-order chi connectivity index (χ1) is 3.79. The molecule has 1 unspecified atom stereocenters. The standard InChI is InChI=1S/C4H9N3O.ClH/c5-3-1-2-6-4(8)7-3;/h3H,1-2,5H2,(H2,6,7,8);1H. The Morgan fingerprint density at radius 3 is 2.67 bits per heavy atom. The highest BCUT2D eigenvalue weighted by Gasteiger charge is 2.11. The number of carbonyl (C=O) groups is 1. The average molecular weight is 152 g/mol. The molecule has 1 fully saturated rings. The third-order valence-corrected chi connectivity index (χ3v) is 1.06. The van der Waals surface area contributed by atoms with Gasteiger partial charge in [0.15, 0.2) is 0 Å². The van der Waals surface area contributed by atoms with Gasteiger partial charge in [-0.15, -0.1) is 12.4 Å². The summed E-state index contributed by atoms with van der Waals surface area (Å²) < 4.78 is 0. The van der Waals surface area contributed by atoms with E-state index < -0.39 is 0 Å². The number of hydrogen-bond acceptors (Lipinski definition) is 2. The highest BCUT2D eigenvalue weighted by atomic mass is 35.5. The van der Waals surface area contributed by atoms with Gasteiger partial charge in [0.1, 0.15) is 0 Å². The number of hydrogen-bond donors (Lipinski definition) is 3. The van der Waals surface area contributed by atoms with Crippen LogP contribution in [-0.4, -0.2) is 18.7 Å². The second-order valence-electron chi connectivity index (χ2n) is 1.80. The Hall–Kier alpha value is -0.480. The van der Waals surface area contributed by atoms with Gasteiger partial charge >= 0.3 is 6.03 Å². The number of amides is 2. The van der Waals surface area contributed by atoms with Crippen LogP contribution in [0, 0.1) is 0 Å². The molecular formula is C4H10ClN3O. The van der Waals surface area contributed by atoms with E-state index in [1.54, 1.807) is 0 Å². The van der Waals surface area contributed by atoms with Crippen LogP contribution < -0.4 is 16.4 Å². The summed E-state index contributed by atoms with van der Waals surface area (Å²) in [5, 5.41) is 5.09. The molecule has 1 rings (SSSR count). The van der Waals surface area contributed by atoms with Crippen molar-refractivity contribution in [2.45, 2.75) is 12.6 Å². The summed E-state index contributed by atoms with van der Waals surface area (Å²) in [4.78, 5) is 10.4. The first kappa shape index (κ1) is 8.52. The van der Waals surface area contributed by atoms with Crippen LogP contribution in [0.15, 0.2) is 0 Å². The number of nitrogens with one attached hydrogen (secondary N) is 2. The van der Waals surface area contributed by atoms with Gasteiger partial charge in [-0.3, -0.25) is 0 Å². The van der Waals surface area contributed by atoms with Gasteiger partial charge in [0.05, 0.1) is 6.17 Å². The molecule has 1 aliphatic heterocycles. The van der Waals surface area contributed by atoms with Gasteiger partial charge in [-0.2, -0.15) is 0 Å². The van der Waals surface area contributed by atoms with Crippen LogP contribution >= 0.6 is 12.4 Å². The summed E-state index contributed by atoms with van der Waals surface area (Å²) in [6.07, 6.45) is 0.662. The zero-order chi connectivity index (χ0) is 5.98. The van der Waals surface area contributed by atoms with Crippen molar-refractivity contribution in [3.63, 3.8) is 0 Å². The summed E-state index contributed by atoms with van der Waals surface area (Å²) in [6, 6.07) is -0.163. The van der Waals surface area contributed by atoms with Crippen molar-refractivity contribution < 1.29 is 4.79 Å². The molecule has 0 aliphatic carbocycles. The van der Waals surface area contributed by atoms with Gasteiger partial charge in [-0.1, -0.05) is 0 Å². The summed E-state index contributed by atoms with van der Waals surface area (Å²) in [5.74, 6) is 0. The molecule has 0 aromatic carbocycles. The first-order valence-electron chi connectivity index (χ1n) is 2.59. The van der Waals surface area contributed by atoms with Crippen molar-refractivity contribution in [3.05, 3.63) is 0 Å². The van der Waals surface area contributed by atoms with Gasteiger partial charge in [-0.05, 0) is 6.42 Å². The summed E-state index contributed by atoms with van der Waals surface area (Å²) in [6.45, 7) is 0.688. The second kappa shape index (κ2) is 3.53. The molecule has 2 amide bonds. The molecule has 1 saturated heterocycles. The fourth-order valence-electron chi connectivity index (χ4n) is 0.633. The molecule has 1 aliphatic rings. The number of rotatable bonds is 0. The first-order valence-corrected chi connectivity index (χ1v) is 2.59. The monoisotopic (exact) mass is 151 g/mol. The predicted molar refractivity (Wildman–Crippen MR) is 36.4 cm³/mol. The molecule has 0 aromatic heterocycles. The fourth-order valence-corrected chi connectivity index (χ4v) is 0.633. The molecule has 1 atom stereocenters. The Morgan fingerprint density at radius 1 is 1.67 bits per heavy atom. The van der Waals surface area contributed by atoms with E-state index >= 15 is 0 Å². The molecule has 54 valence electrons. The molecule has 9 heavy (non-hydrogen) atoms. The Morgan fingerprint density at radius 2 is 2.33 bits per heavy atom. The molecule has 5 heteroatoms. The van der Waals surface area contributed by atoms with Gasteiger partial charge in [0, 0.05) is 6.54 Å². The third-order valence-electron chi connectivity index (χ3n) is 1.06. The lowest BCUT2D eigenvalue weighted by Crippen LogP contribution is -2.53. The van der Waals surface area contributed by atoms with Crippen LogP contribution in [0.2, 0.25) is 0 Å². The molecule has 4 nitrogen and oxygen atoms in total. The highest BCUT2D eigenvalue weighted by Crippen LogP contribution is 1.86. The Labute approximate surface area is 59.6 Å². The normalized spacial score (nSPS) is 25.4. The number of urea groups is 1. The molecule has 0 spiro atoms. The minimum absolute atomic E-state index is 0. The van der Waals surface area contributed by atoms with Crippen molar-refractivity contribution in [2.24, 2.45) is 5.73 Å². The van der Waals surface area contributed by atoms with Crippen LogP contribution in [0.4, 0.5) is 4.79 Å². The topological polar surface area (TPSA) is 67.1 Å². The zero-order valence-electron chi connectivity index (χ0n) is 4.89. The quantitative estimate of drug-likeness (QED) is 0.433. The van der Waals surface area contributed by atoms with Crippen LogP contribution in [0.25, 0.3) is 0 Å². The molecule has 4 N–H and O–H groups in total. The minimum Gasteiger partial charge on any atom is -0.338 e. The van der Waals surface area contributed by atoms with E-state index in [0.29, 0.717) is 6.54 Å². The van der Waals surface area contributed by atoms with Crippen LogP contribution in [-0.2, 0) is 0 Å². The maximum atomic E-state index is 10.4. The molecule has 1 heterocycles. The summed E-state index contributed by atoms with van der Waals surface area (Å²) >= 11 is 0. The van der Waals surface area contributed by atoms with E-state index in [0.717, 1.165) is 6.42 Å². The van der Waals surface area contributed by atoms with E-state index in [1.807, 2.05) is 0 Å². The molecule has 0 radical (unpaired) electrons. The van der Waals surface area contributed by atoms with Crippen LogP contribution in [0.1, 0.15) is 6.42 Å². The lowest BCUT2D eigenvalue weighted by molar-refractivity contribution is 0.229. The lowest BCUT2D eigenvalue weighted by Gasteiger charge is -2.19. The number of carbonyl (C=O) groups excluding carboxylic acids is 1. The van der Waals surface area contributed by atoms with Crippen LogP contribution in [0.3, 0.4) is 0 Å². The summed E-state index contributed by atoms with van der Waals surface area (Å²) in [5.41, 5.74) is 5.35. The van der Waals surface area contributed by atoms with Crippen molar-refractivity contribution >= 4 is 18.4 Å². The Bertz CT molecular complexity index is 108. The average Bonchev–Trinajstić information content (AvgIpc) is 1.64. The van der Waals surface area contributed by atoms with Gasteiger partial charge in [0.25, 0.3) is 0 Å².